The number of aryl methyl sites for hydroxylation is 1. The number of sulfonamides is 1. The van der Waals surface area contributed by atoms with Gasteiger partial charge in [-0.25, -0.2) is 8.42 Å². The van der Waals surface area contributed by atoms with E-state index in [2.05, 4.69) is 16.8 Å². The number of hydrazine groups is 1. The standard InChI is InChI=1S/C9H8Cl2N2O2S/c1-4-3-6-5(2)12-13-16(14,15)9(6)8(11)7(4)10/h3,12-13H,2H2,1H3. The average molecular weight is 279 g/mol. The molecule has 0 saturated carbocycles. The Kier molecular flexibility index (Phi) is 2.66. The summed E-state index contributed by atoms with van der Waals surface area (Å²) in [7, 11) is -3.68. The van der Waals surface area contributed by atoms with E-state index in [9.17, 15) is 8.42 Å². The van der Waals surface area contributed by atoms with Crippen LogP contribution < -0.4 is 10.3 Å². The van der Waals surface area contributed by atoms with Gasteiger partial charge >= 0.3 is 0 Å². The largest absolute Gasteiger partial charge is 0.308 e. The molecule has 2 rings (SSSR count). The highest BCUT2D eigenvalue weighted by Gasteiger charge is 2.30. The first-order valence-electron chi connectivity index (χ1n) is 4.30. The number of hydrogen-bond donors (Lipinski definition) is 2. The van der Waals surface area contributed by atoms with Gasteiger partial charge < -0.3 is 5.43 Å². The Hall–Kier alpha value is -0.750. The quantitative estimate of drug-likeness (QED) is 0.764. The fourth-order valence-corrected chi connectivity index (χ4v) is 3.40. The van der Waals surface area contributed by atoms with Crippen LogP contribution in [0, 0.1) is 6.92 Å². The molecule has 0 bridgehead atoms. The van der Waals surface area contributed by atoms with E-state index in [1.165, 1.54) is 0 Å². The molecule has 86 valence electrons. The Morgan fingerprint density at radius 2 is 1.94 bits per heavy atom. The lowest BCUT2D eigenvalue weighted by Gasteiger charge is -2.23. The first-order valence-corrected chi connectivity index (χ1v) is 6.54. The van der Waals surface area contributed by atoms with Gasteiger partial charge in [-0.1, -0.05) is 29.8 Å². The van der Waals surface area contributed by atoms with Crippen molar-refractivity contribution >= 4 is 38.9 Å². The van der Waals surface area contributed by atoms with Crippen LogP contribution in [0.2, 0.25) is 10.0 Å². The molecule has 0 aromatic heterocycles. The topological polar surface area (TPSA) is 58.2 Å². The zero-order valence-corrected chi connectivity index (χ0v) is 10.6. The van der Waals surface area contributed by atoms with Gasteiger partial charge in [0.15, 0.2) is 0 Å². The van der Waals surface area contributed by atoms with Crippen molar-refractivity contribution in [2.45, 2.75) is 11.8 Å². The molecule has 4 nitrogen and oxygen atoms in total. The van der Waals surface area contributed by atoms with Crippen molar-refractivity contribution in [1.82, 2.24) is 10.3 Å². The zero-order valence-electron chi connectivity index (χ0n) is 8.27. The normalized spacial score (nSPS) is 17.8. The van der Waals surface area contributed by atoms with Gasteiger partial charge in [-0.05, 0) is 18.6 Å². The van der Waals surface area contributed by atoms with Gasteiger partial charge in [0, 0.05) is 5.56 Å². The number of rotatable bonds is 0. The average Bonchev–Trinajstić information content (AvgIpc) is 2.20. The van der Waals surface area contributed by atoms with Gasteiger partial charge in [0.05, 0.1) is 15.7 Å². The second-order valence-electron chi connectivity index (χ2n) is 3.41. The van der Waals surface area contributed by atoms with Gasteiger partial charge in [0.2, 0.25) is 0 Å². The summed E-state index contributed by atoms with van der Waals surface area (Å²) in [6.45, 7) is 5.44. The van der Waals surface area contributed by atoms with Crippen LogP contribution in [-0.2, 0) is 10.0 Å². The molecule has 0 unspecified atom stereocenters. The molecule has 2 N–H and O–H groups in total. The Labute approximate surface area is 103 Å². The molecule has 1 aromatic rings. The van der Waals surface area contributed by atoms with Crippen LogP contribution in [0.1, 0.15) is 11.1 Å². The minimum atomic E-state index is -3.68. The molecule has 7 heteroatoms. The van der Waals surface area contributed by atoms with E-state index in [1.807, 2.05) is 0 Å². The SMILES string of the molecule is C=C1NNS(=O)(=O)c2c1cc(C)c(Cl)c2Cl. The summed E-state index contributed by atoms with van der Waals surface area (Å²) in [4.78, 5) is 2.10. The van der Waals surface area contributed by atoms with E-state index in [0.717, 1.165) is 0 Å². The number of nitrogens with one attached hydrogen (secondary N) is 2. The molecule has 0 aliphatic carbocycles. The van der Waals surface area contributed by atoms with Gasteiger partial charge in [0.25, 0.3) is 10.0 Å². The third-order valence-electron chi connectivity index (χ3n) is 2.27. The molecule has 0 saturated heterocycles. The summed E-state index contributed by atoms with van der Waals surface area (Å²) in [5.74, 6) is 0. The van der Waals surface area contributed by atoms with E-state index in [4.69, 9.17) is 23.2 Å². The maximum Gasteiger partial charge on any atom is 0.259 e. The van der Waals surface area contributed by atoms with Crippen LogP contribution in [0.3, 0.4) is 0 Å². The van der Waals surface area contributed by atoms with Gasteiger partial charge in [-0.2, -0.15) is 0 Å². The molecule has 1 heterocycles. The molecule has 0 radical (unpaired) electrons. The molecule has 1 aliphatic rings. The molecule has 0 amide bonds. The highest BCUT2D eigenvalue weighted by Crippen LogP contribution is 2.38. The van der Waals surface area contributed by atoms with E-state index in [1.54, 1.807) is 13.0 Å². The van der Waals surface area contributed by atoms with Crippen molar-refractivity contribution in [2.75, 3.05) is 0 Å². The summed E-state index contributed by atoms with van der Waals surface area (Å²) in [5.41, 5.74) is 4.04. The summed E-state index contributed by atoms with van der Waals surface area (Å²) < 4.78 is 23.5. The summed E-state index contributed by atoms with van der Waals surface area (Å²) >= 11 is 11.9. The number of fused-ring (bicyclic) bond motifs is 1. The van der Waals surface area contributed by atoms with Crippen LogP contribution >= 0.6 is 23.2 Å². The first-order chi connectivity index (χ1) is 7.34. The number of benzene rings is 1. The van der Waals surface area contributed by atoms with E-state index >= 15 is 0 Å². The van der Waals surface area contributed by atoms with Crippen LogP contribution in [0.15, 0.2) is 17.5 Å². The summed E-state index contributed by atoms with van der Waals surface area (Å²) in [5, 5.41) is 0.257. The van der Waals surface area contributed by atoms with E-state index < -0.39 is 10.0 Å². The lowest BCUT2D eigenvalue weighted by atomic mass is 10.1. The van der Waals surface area contributed by atoms with Crippen LogP contribution in [0.5, 0.6) is 0 Å². The summed E-state index contributed by atoms with van der Waals surface area (Å²) in [6.07, 6.45) is 0. The zero-order chi connectivity index (χ0) is 12.1. The predicted octanol–water partition coefficient (Wildman–Crippen LogP) is 2.07. The second-order valence-corrected chi connectivity index (χ2v) is 5.78. The fraction of sp³-hybridized carbons (Fsp3) is 0.111. The molecular weight excluding hydrogens is 271 g/mol. The first kappa shape index (κ1) is 11.7. The van der Waals surface area contributed by atoms with E-state index in [-0.39, 0.29) is 14.9 Å². The molecular formula is C9H8Cl2N2O2S. The molecule has 1 aliphatic heterocycles. The monoisotopic (exact) mass is 278 g/mol. The third kappa shape index (κ3) is 1.60. The van der Waals surface area contributed by atoms with Crippen LogP contribution in [0.4, 0.5) is 0 Å². The Morgan fingerprint density at radius 3 is 2.56 bits per heavy atom. The van der Waals surface area contributed by atoms with Crippen molar-refractivity contribution in [1.29, 1.82) is 0 Å². The van der Waals surface area contributed by atoms with Crippen LogP contribution in [-0.4, -0.2) is 8.42 Å². The van der Waals surface area contributed by atoms with Crippen LogP contribution in [0.25, 0.3) is 5.70 Å². The molecule has 1 aromatic carbocycles. The lowest BCUT2D eigenvalue weighted by molar-refractivity contribution is 0.571. The van der Waals surface area contributed by atoms with Crippen molar-refractivity contribution in [3.63, 3.8) is 0 Å². The molecule has 0 atom stereocenters. The highest BCUT2D eigenvalue weighted by atomic mass is 35.5. The Bertz CT molecular complexity index is 596. The van der Waals surface area contributed by atoms with Crippen molar-refractivity contribution in [3.05, 3.63) is 33.8 Å². The highest BCUT2D eigenvalue weighted by molar-refractivity contribution is 7.89. The molecule has 0 spiro atoms. The maximum absolute atomic E-state index is 11.7. The second kappa shape index (κ2) is 3.63. The summed E-state index contributed by atoms with van der Waals surface area (Å²) in [6, 6.07) is 1.64. The van der Waals surface area contributed by atoms with Gasteiger partial charge in [0.1, 0.15) is 4.90 Å². The third-order valence-corrected chi connectivity index (χ3v) is 4.68. The number of halogens is 2. The smallest absolute Gasteiger partial charge is 0.259 e. The van der Waals surface area contributed by atoms with Gasteiger partial charge in [-0.3, -0.25) is 0 Å². The van der Waals surface area contributed by atoms with Crippen molar-refractivity contribution in [2.24, 2.45) is 0 Å². The van der Waals surface area contributed by atoms with E-state index in [0.29, 0.717) is 16.8 Å². The minimum absolute atomic E-state index is 0.0202. The maximum atomic E-state index is 11.7. The van der Waals surface area contributed by atoms with Gasteiger partial charge in [-0.15, -0.1) is 4.83 Å². The number of hydrogen-bond acceptors (Lipinski definition) is 3. The Morgan fingerprint density at radius 1 is 1.31 bits per heavy atom. The predicted molar refractivity (Wildman–Crippen MR) is 63.7 cm³/mol. The van der Waals surface area contributed by atoms with Crippen molar-refractivity contribution < 1.29 is 8.42 Å². The molecule has 0 fully saturated rings. The Balaban J connectivity index is 2.91. The lowest BCUT2D eigenvalue weighted by Crippen LogP contribution is -2.40. The molecule has 16 heavy (non-hydrogen) atoms. The minimum Gasteiger partial charge on any atom is -0.308 e. The fourth-order valence-electron chi connectivity index (χ4n) is 1.47. The van der Waals surface area contributed by atoms with Crippen molar-refractivity contribution in [3.8, 4) is 0 Å².